The monoisotopic (exact) mass is 131 g/mol. The van der Waals surface area contributed by atoms with Crippen LogP contribution in [0.1, 0.15) is 20.3 Å². The molecule has 8 heavy (non-hydrogen) atoms. The summed E-state index contributed by atoms with van der Waals surface area (Å²) in [6.45, 7) is 3.81. The Morgan fingerprint density at radius 3 is 2.25 bits per heavy atom. The molecule has 0 N–H and O–H groups in total. The van der Waals surface area contributed by atoms with Gasteiger partial charge < -0.3 is 0 Å². The van der Waals surface area contributed by atoms with E-state index in [9.17, 15) is 0 Å². The zero-order valence-electron chi connectivity index (χ0n) is 5.19. The fourth-order valence-electron chi connectivity index (χ4n) is 0.519. The minimum absolute atomic E-state index is 0.00926. The predicted molar refractivity (Wildman–Crippen MR) is 34.7 cm³/mol. The Morgan fingerprint density at radius 1 is 1.75 bits per heavy atom. The van der Waals surface area contributed by atoms with E-state index in [4.69, 9.17) is 16.9 Å². The second kappa shape index (κ2) is 3.74. The fraction of sp³-hybridized carbons (Fsp3) is 0.833. The average molecular weight is 132 g/mol. The van der Waals surface area contributed by atoms with Gasteiger partial charge in [0.05, 0.1) is 12.0 Å². The van der Waals surface area contributed by atoms with Crippen molar-refractivity contribution in [1.29, 1.82) is 5.26 Å². The van der Waals surface area contributed by atoms with Gasteiger partial charge in [-0.3, -0.25) is 0 Å². The third-order valence-corrected chi connectivity index (χ3v) is 1.46. The summed E-state index contributed by atoms with van der Waals surface area (Å²) in [7, 11) is 0. The van der Waals surface area contributed by atoms with Gasteiger partial charge in [-0.15, -0.1) is 11.6 Å². The van der Waals surface area contributed by atoms with E-state index in [1.54, 1.807) is 0 Å². The summed E-state index contributed by atoms with van der Waals surface area (Å²) in [5.41, 5.74) is 0. The second-order valence-corrected chi connectivity index (χ2v) is 2.51. The van der Waals surface area contributed by atoms with Crippen molar-refractivity contribution >= 4 is 11.6 Å². The molecule has 0 fully saturated rings. The molecule has 0 heterocycles. The molecule has 2 atom stereocenters. The molecule has 0 bridgehead atoms. The summed E-state index contributed by atoms with van der Waals surface area (Å²) in [4.78, 5) is 0. The summed E-state index contributed by atoms with van der Waals surface area (Å²) in [6.07, 6.45) is 0.848. The van der Waals surface area contributed by atoms with Crippen molar-refractivity contribution in [2.24, 2.45) is 5.92 Å². The third-order valence-electron chi connectivity index (χ3n) is 1.16. The fourth-order valence-corrected chi connectivity index (χ4v) is 0.753. The maximum atomic E-state index is 8.36. The molecule has 46 valence electrons. The van der Waals surface area contributed by atoms with Crippen LogP contribution in [0.3, 0.4) is 0 Å². The maximum Gasteiger partial charge on any atom is 0.0671 e. The van der Waals surface area contributed by atoms with Gasteiger partial charge in [0, 0.05) is 5.38 Å². The average Bonchev–Trinajstić information content (AvgIpc) is 1.69. The molecule has 0 rings (SSSR count). The number of nitrogens with zero attached hydrogens (tertiary/aromatic N) is 1. The lowest BCUT2D eigenvalue weighted by Gasteiger charge is -2.05. The number of nitriles is 1. The Bertz CT molecular complexity index is 93.2. The molecule has 2 heteroatoms. The predicted octanol–water partition coefficient (Wildman–Crippen LogP) is 2.16. The van der Waals surface area contributed by atoms with Gasteiger partial charge in [0.15, 0.2) is 0 Å². The molecule has 2 unspecified atom stereocenters. The third kappa shape index (κ3) is 2.18. The van der Waals surface area contributed by atoms with Crippen LogP contribution in [-0.4, -0.2) is 5.38 Å². The van der Waals surface area contributed by atoms with Crippen molar-refractivity contribution < 1.29 is 0 Å². The van der Waals surface area contributed by atoms with Crippen molar-refractivity contribution in [1.82, 2.24) is 0 Å². The van der Waals surface area contributed by atoms with E-state index in [0.717, 1.165) is 6.42 Å². The highest BCUT2D eigenvalue weighted by molar-refractivity contribution is 6.20. The van der Waals surface area contributed by atoms with E-state index in [-0.39, 0.29) is 11.3 Å². The maximum absolute atomic E-state index is 8.36. The summed E-state index contributed by atoms with van der Waals surface area (Å²) >= 11 is 5.62. The Kier molecular flexibility index (Phi) is 3.64. The highest BCUT2D eigenvalue weighted by atomic mass is 35.5. The van der Waals surface area contributed by atoms with Crippen molar-refractivity contribution in [3.05, 3.63) is 0 Å². The molecule has 0 aromatic heterocycles. The molecule has 0 spiro atoms. The van der Waals surface area contributed by atoms with Gasteiger partial charge in [-0.05, 0) is 13.3 Å². The second-order valence-electron chi connectivity index (χ2n) is 1.82. The van der Waals surface area contributed by atoms with E-state index in [2.05, 4.69) is 6.07 Å². The van der Waals surface area contributed by atoms with Gasteiger partial charge in [0.2, 0.25) is 0 Å². The SMILES string of the molecule is CCC(C#N)C(C)Cl. The van der Waals surface area contributed by atoms with Crippen LogP contribution in [0, 0.1) is 17.2 Å². The number of hydrogen-bond donors (Lipinski definition) is 0. The van der Waals surface area contributed by atoms with Crippen molar-refractivity contribution in [2.45, 2.75) is 25.6 Å². The van der Waals surface area contributed by atoms with Gasteiger partial charge in [-0.25, -0.2) is 0 Å². The molecule has 0 aliphatic carbocycles. The Labute approximate surface area is 55.3 Å². The van der Waals surface area contributed by atoms with Gasteiger partial charge >= 0.3 is 0 Å². The standard InChI is InChI=1S/C6H10ClN/c1-3-6(4-8)5(2)7/h5-6H,3H2,1-2H3. The Balaban J connectivity index is 3.57. The largest absolute Gasteiger partial charge is 0.198 e. The summed E-state index contributed by atoms with van der Waals surface area (Å²) in [6, 6.07) is 2.12. The van der Waals surface area contributed by atoms with Crippen molar-refractivity contribution in [2.75, 3.05) is 0 Å². The molecule has 0 aromatic rings. The normalized spacial score (nSPS) is 16.8. The lowest BCUT2D eigenvalue weighted by atomic mass is 10.1. The van der Waals surface area contributed by atoms with Crippen LogP contribution in [0.15, 0.2) is 0 Å². The van der Waals surface area contributed by atoms with E-state index in [1.165, 1.54) is 0 Å². The minimum Gasteiger partial charge on any atom is -0.198 e. The number of rotatable bonds is 2. The molecule has 0 aromatic carbocycles. The summed E-state index contributed by atoms with van der Waals surface area (Å²) < 4.78 is 0. The molecule has 0 radical (unpaired) electrons. The van der Waals surface area contributed by atoms with Crippen LogP contribution < -0.4 is 0 Å². The molecule has 0 aliphatic rings. The smallest absolute Gasteiger partial charge is 0.0671 e. The van der Waals surface area contributed by atoms with Gasteiger partial charge in [-0.2, -0.15) is 5.26 Å². The highest BCUT2D eigenvalue weighted by Gasteiger charge is 2.09. The lowest BCUT2D eigenvalue weighted by molar-refractivity contribution is 0.627. The van der Waals surface area contributed by atoms with E-state index < -0.39 is 0 Å². The molecule has 0 saturated heterocycles. The van der Waals surface area contributed by atoms with Crippen molar-refractivity contribution in [3.63, 3.8) is 0 Å². The Morgan fingerprint density at radius 2 is 2.25 bits per heavy atom. The van der Waals surface area contributed by atoms with E-state index in [0.29, 0.717) is 0 Å². The first-order valence-corrected chi connectivity index (χ1v) is 3.19. The van der Waals surface area contributed by atoms with E-state index >= 15 is 0 Å². The first-order valence-electron chi connectivity index (χ1n) is 2.76. The number of halogens is 1. The quantitative estimate of drug-likeness (QED) is 0.527. The van der Waals surface area contributed by atoms with Gasteiger partial charge in [-0.1, -0.05) is 6.92 Å². The van der Waals surface area contributed by atoms with Gasteiger partial charge in [0.1, 0.15) is 0 Å². The lowest BCUT2D eigenvalue weighted by Crippen LogP contribution is -2.06. The molecular weight excluding hydrogens is 122 g/mol. The zero-order valence-corrected chi connectivity index (χ0v) is 5.94. The minimum atomic E-state index is -0.00926. The van der Waals surface area contributed by atoms with Crippen molar-refractivity contribution in [3.8, 4) is 6.07 Å². The molecule has 1 nitrogen and oxygen atoms in total. The summed E-state index contributed by atoms with van der Waals surface area (Å²) in [5.74, 6) is 0.0247. The molecule has 0 amide bonds. The molecular formula is C6H10ClN. The van der Waals surface area contributed by atoms with Crippen LogP contribution in [-0.2, 0) is 0 Å². The molecule has 0 aliphatic heterocycles. The van der Waals surface area contributed by atoms with Crippen LogP contribution in [0.4, 0.5) is 0 Å². The number of hydrogen-bond acceptors (Lipinski definition) is 1. The first-order chi connectivity index (χ1) is 3.72. The van der Waals surface area contributed by atoms with Crippen LogP contribution in [0.5, 0.6) is 0 Å². The van der Waals surface area contributed by atoms with Crippen LogP contribution in [0.2, 0.25) is 0 Å². The first kappa shape index (κ1) is 7.78. The topological polar surface area (TPSA) is 23.8 Å². The van der Waals surface area contributed by atoms with Gasteiger partial charge in [0.25, 0.3) is 0 Å². The molecule has 0 saturated carbocycles. The summed E-state index contributed by atoms with van der Waals surface area (Å²) in [5, 5.41) is 8.35. The number of alkyl halides is 1. The van der Waals surface area contributed by atoms with Crippen LogP contribution in [0.25, 0.3) is 0 Å². The zero-order chi connectivity index (χ0) is 6.57. The Hall–Kier alpha value is -0.220. The van der Waals surface area contributed by atoms with E-state index in [1.807, 2.05) is 13.8 Å². The highest BCUT2D eigenvalue weighted by Crippen LogP contribution is 2.11. The van der Waals surface area contributed by atoms with Crippen LogP contribution >= 0.6 is 11.6 Å².